The lowest BCUT2D eigenvalue weighted by molar-refractivity contribution is -0.140. The monoisotopic (exact) mass is 255 g/mol. The van der Waals surface area contributed by atoms with Crippen molar-refractivity contribution < 1.29 is 19.8 Å². The number of amides is 1. The maximum Gasteiger partial charge on any atom is 0.328 e. The molecule has 1 unspecified atom stereocenters. The molecule has 0 saturated carbocycles. The topological polar surface area (TPSA) is 86.6 Å². The molecule has 0 bridgehead atoms. The van der Waals surface area contributed by atoms with E-state index in [2.05, 4.69) is 5.32 Å². The highest BCUT2D eigenvalue weighted by atomic mass is 32.2. The molecule has 17 heavy (non-hydrogen) atoms. The van der Waals surface area contributed by atoms with E-state index in [9.17, 15) is 9.59 Å². The van der Waals surface area contributed by atoms with Crippen LogP contribution in [-0.4, -0.2) is 41.0 Å². The van der Waals surface area contributed by atoms with E-state index in [0.717, 1.165) is 4.90 Å². The van der Waals surface area contributed by atoms with Crippen molar-refractivity contribution in [2.45, 2.75) is 10.9 Å². The second-order valence-electron chi connectivity index (χ2n) is 3.28. The second-order valence-corrected chi connectivity index (χ2v) is 4.16. The van der Waals surface area contributed by atoms with Crippen LogP contribution in [0.25, 0.3) is 0 Å². The van der Waals surface area contributed by atoms with E-state index in [0.29, 0.717) is 5.56 Å². The number of aliphatic hydroxyl groups is 1. The minimum Gasteiger partial charge on any atom is -0.480 e. The molecule has 0 spiro atoms. The van der Waals surface area contributed by atoms with Crippen LogP contribution in [0, 0.1) is 0 Å². The summed E-state index contributed by atoms with van der Waals surface area (Å²) in [5.74, 6) is -1.78. The molecule has 1 aromatic rings. The Balaban J connectivity index is 2.72. The minimum atomic E-state index is -1.28. The molecule has 0 aliphatic heterocycles. The van der Waals surface area contributed by atoms with Gasteiger partial charge in [-0.25, -0.2) is 4.79 Å². The molecule has 1 amide bonds. The molecule has 3 N–H and O–H groups in total. The molecule has 1 atom stereocenters. The first-order valence-corrected chi connectivity index (χ1v) is 6.09. The maximum absolute atomic E-state index is 11.6. The second kappa shape index (κ2) is 6.27. The van der Waals surface area contributed by atoms with Gasteiger partial charge < -0.3 is 15.5 Å². The van der Waals surface area contributed by atoms with Crippen molar-refractivity contribution in [3.63, 3.8) is 0 Å². The number of carbonyl (C=O) groups excluding carboxylic acids is 1. The largest absolute Gasteiger partial charge is 0.480 e. The van der Waals surface area contributed by atoms with Crippen LogP contribution in [0.4, 0.5) is 0 Å². The Morgan fingerprint density at radius 1 is 1.35 bits per heavy atom. The third-order valence-electron chi connectivity index (χ3n) is 2.14. The average molecular weight is 255 g/mol. The van der Waals surface area contributed by atoms with E-state index in [1.54, 1.807) is 36.0 Å². The molecule has 0 fully saturated rings. The predicted molar refractivity (Wildman–Crippen MR) is 64.2 cm³/mol. The van der Waals surface area contributed by atoms with Gasteiger partial charge in [0.2, 0.25) is 0 Å². The molecular weight excluding hydrogens is 242 g/mol. The number of carboxylic acids is 1. The first-order valence-electron chi connectivity index (χ1n) is 4.87. The minimum absolute atomic E-state index is 0.363. The van der Waals surface area contributed by atoms with E-state index in [1.165, 1.54) is 0 Å². The highest BCUT2D eigenvalue weighted by Crippen LogP contribution is 2.14. The summed E-state index contributed by atoms with van der Waals surface area (Å²) >= 11 is 1.55. The smallest absolute Gasteiger partial charge is 0.328 e. The highest BCUT2D eigenvalue weighted by Gasteiger charge is 2.19. The van der Waals surface area contributed by atoms with Crippen molar-refractivity contribution >= 4 is 23.6 Å². The molecule has 5 nitrogen and oxygen atoms in total. The Kier molecular flexibility index (Phi) is 4.99. The van der Waals surface area contributed by atoms with E-state index >= 15 is 0 Å². The SMILES string of the molecule is CSc1ccc(C(=O)NC(CO)C(=O)O)cc1. The first-order chi connectivity index (χ1) is 8.08. The normalized spacial score (nSPS) is 11.9. The van der Waals surface area contributed by atoms with Gasteiger partial charge in [-0.1, -0.05) is 0 Å². The third-order valence-corrected chi connectivity index (χ3v) is 2.88. The number of rotatable bonds is 5. The molecule has 92 valence electrons. The summed E-state index contributed by atoms with van der Waals surface area (Å²) in [6.45, 7) is -0.635. The van der Waals surface area contributed by atoms with Crippen LogP contribution in [0.1, 0.15) is 10.4 Å². The molecule has 1 aromatic carbocycles. The fourth-order valence-electron chi connectivity index (χ4n) is 1.17. The Morgan fingerprint density at radius 3 is 2.35 bits per heavy atom. The van der Waals surface area contributed by atoms with Gasteiger partial charge in [-0.15, -0.1) is 11.8 Å². The summed E-state index contributed by atoms with van der Waals surface area (Å²) in [6.07, 6.45) is 1.92. The molecule has 0 aromatic heterocycles. The summed E-state index contributed by atoms with van der Waals surface area (Å²) in [6, 6.07) is 5.49. The lowest BCUT2D eigenvalue weighted by Crippen LogP contribution is -2.43. The van der Waals surface area contributed by atoms with Crippen LogP contribution in [0.15, 0.2) is 29.2 Å². The van der Waals surface area contributed by atoms with E-state index in [1.807, 2.05) is 6.26 Å². The van der Waals surface area contributed by atoms with Crippen molar-refractivity contribution in [3.05, 3.63) is 29.8 Å². The number of hydrogen-bond acceptors (Lipinski definition) is 4. The molecule has 0 aliphatic carbocycles. The van der Waals surface area contributed by atoms with Crippen molar-refractivity contribution in [1.82, 2.24) is 5.32 Å². The Bertz CT molecular complexity index is 404. The summed E-state index contributed by atoms with van der Waals surface area (Å²) < 4.78 is 0. The summed E-state index contributed by atoms with van der Waals surface area (Å²) in [5.41, 5.74) is 0.363. The fraction of sp³-hybridized carbons (Fsp3) is 0.273. The van der Waals surface area contributed by atoms with Gasteiger partial charge >= 0.3 is 5.97 Å². The van der Waals surface area contributed by atoms with Crippen LogP contribution in [0.2, 0.25) is 0 Å². The number of carbonyl (C=O) groups is 2. The van der Waals surface area contributed by atoms with Gasteiger partial charge in [0.1, 0.15) is 0 Å². The molecular formula is C11H13NO4S. The van der Waals surface area contributed by atoms with Crippen LogP contribution >= 0.6 is 11.8 Å². The van der Waals surface area contributed by atoms with Gasteiger partial charge in [0.05, 0.1) is 6.61 Å². The van der Waals surface area contributed by atoms with Crippen molar-refractivity contribution in [1.29, 1.82) is 0 Å². The Morgan fingerprint density at radius 2 is 1.94 bits per heavy atom. The maximum atomic E-state index is 11.6. The van der Waals surface area contributed by atoms with Crippen LogP contribution in [0.3, 0.4) is 0 Å². The summed E-state index contributed by atoms with van der Waals surface area (Å²) in [4.78, 5) is 23.3. The highest BCUT2D eigenvalue weighted by molar-refractivity contribution is 7.98. The van der Waals surface area contributed by atoms with Crippen LogP contribution in [0.5, 0.6) is 0 Å². The molecule has 0 saturated heterocycles. The molecule has 6 heteroatoms. The van der Waals surface area contributed by atoms with Gasteiger partial charge in [-0.2, -0.15) is 0 Å². The predicted octanol–water partition coefficient (Wildman–Crippen LogP) is 0.584. The average Bonchev–Trinajstić information content (AvgIpc) is 2.35. The van der Waals surface area contributed by atoms with Crippen molar-refractivity contribution in [3.8, 4) is 0 Å². The lowest BCUT2D eigenvalue weighted by atomic mass is 10.2. The first kappa shape index (κ1) is 13.5. The zero-order valence-corrected chi connectivity index (χ0v) is 10.0. The molecule has 0 heterocycles. The van der Waals surface area contributed by atoms with Crippen LogP contribution in [-0.2, 0) is 4.79 Å². The van der Waals surface area contributed by atoms with Crippen molar-refractivity contribution in [2.24, 2.45) is 0 Å². The van der Waals surface area contributed by atoms with Gasteiger partial charge in [0.25, 0.3) is 5.91 Å². The Labute approximate surface area is 103 Å². The number of thioether (sulfide) groups is 1. The molecule has 0 radical (unpaired) electrons. The number of carboxylic acid groups (broad SMARTS) is 1. The van der Waals surface area contributed by atoms with E-state index in [-0.39, 0.29) is 0 Å². The zero-order valence-electron chi connectivity index (χ0n) is 9.21. The molecule has 1 rings (SSSR count). The zero-order chi connectivity index (χ0) is 12.8. The molecule has 0 aliphatic rings. The van der Waals surface area contributed by atoms with E-state index in [4.69, 9.17) is 10.2 Å². The van der Waals surface area contributed by atoms with Crippen LogP contribution < -0.4 is 5.32 Å². The number of hydrogen-bond donors (Lipinski definition) is 3. The van der Waals surface area contributed by atoms with Gasteiger partial charge in [-0.05, 0) is 30.5 Å². The number of aliphatic carboxylic acids is 1. The third kappa shape index (κ3) is 3.76. The summed E-state index contributed by atoms with van der Waals surface area (Å²) in [7, 11) is 0. The van der Waals surface area contributed by atoms with Crippen molar-refractivity contribution in [2.75, 3.05) is 12.9 Å². The van der Waals surface area contributed by atoms with Gasteiger partial charge in [0.15, 0.2) is 6.04 Å². The fourth-order valence-corrected chi connectivity index (χ4v) is 1.58. The number of aliphatic hydroxyl groups excluding tert-OH is 1. The van der Waals surface area contributed by atoms with E-state index < -0.39 is 24.5 Å². The number of benzene rings is 1. The quantitative estimate of drug-likeness (QED) is 0.670. The lowest BCUT2D eigenvalue weighted by Gasteiger charge is -2.11. The van der Waals surface area contributed by atoms with Gasteiger partial charge in [0, 0.05) is 10.5 Å². The number of nitrogens with one attached hydrogen (secondary N) is 1. The Hall–Kier alpha value is -1.53. The standard InChI is InChI=1S/C11H13NO4S/c1-17-8-4-2-7(3-5-8)10(14)12-9(6-13)11(15)16/h2-5,9,13H,6H2,1H3,(H,12,14)(H,15,16). The summed E-state index contributed by atoms with van der Waals surface area (Å²) in [5, 5.41) is 19.7. The van der Waals surface area contributed by atoms with Gasteiger partial charge in [-0.3, -0.25) is 4.79 Å².